The number of carbonyl (C=O) groups is 1. The number of likely N-dealkylation sites (tertiary alicyclic amines) is 1. The SMILES string of the molecule is CC(=O)Nc1cccc([C@H]2O[C@@H](CN3CC[C@H](O)C3)C[C@@H](c3ccc(CO)cc3)O2)c1. The molecule has 0 unspecified atom stereocenters. The van der Waals surface area contributed by atoms with Crippen LogP contribution in [0.15, 0.2) is 48.5 Å². The number of anilines is 1. The van der Waals surface area contributed by atoms with Gasteiger partial charge < -0.3 is 25.0 Å². The number of β-amino-alcohol motifs (C(OH)–C–C–N with tert-alkyl or cyclic N) is 1. The molecular formula is C24H30N2O5. The Morgan fingerprint density at radius 1 is 1.16 bits per heavy atom. The van der Waals surface area contributed by atoms with Crippen molar-refractivity contribution in [3.63, 3.8) is 0 Å². The first kappa shape index (κ1) is 21.9. The Labute approximate surface area is 182 Å². The molecule has 2 aromatic carbocycles. The minimum Gasteiger partial charge on any atom is -0.392 e. The lowest BCUT2D eigenvalue weighted by Crippen LogP contribution is -2.38. The fourth-order valence-electron chi connectivity index (χ4n) is 4.27. The minimum atomic E-state index is -0.567. The monoisotopic (exact) mass is 426 g/mol. The molecule has 166 valence electrons. The van der Waals surface area contributed by atoms with Crippen molar-refractivity contribution in [2.75, 3.05) is 25.0 Å². The van der Waals surface area contributed by atoms with Crippen LogP contribution in [0.25, 0.3) is 0 Å². The summed E-state index contributed by atoms with van der Waals surface area (Å²) in [6.45, 7) is 3.74. The van der Waals surface area contributed by atoms with Gasteiger partial charge in [0.15, 0.2) is 6.29 Å². The second-order valence-electron chi connectivity index (χ2n) is 8.36. The lowest BCUT2D eigenvalue weighted by atomic mass is 9.99. The van der Waals surface area contributed by atoms with E-state index in [0.717, 1.165) is 36.2 Å². The Kier molecular flexibility index (Phi) is 6.99. The van der Waals surface area contributed by atoms with Gasteiger partial charge >= 0.3 is 0 Å². The summed E-state index contributed by atoms with van der Waals surface area (Å²) in [5.74, 6) is -0.130. The lowest BCUT2D eigenvalue weighted by Gasteiger charge is -2.38. The Morgan fingerprint density at radius 3 is 2.65 bits per heavy atom. The Hall–Kier alpha value is -2.29. The number of aliphatic hydroxyl groups is 2. The van der Waals surface area contributed by atoms with Crippen LogP contribution in [-0.4, -0.2) is 52.9 Å². The molecular weight excluding hydrogens is 396 g/mol. The highest BCUT2D eigenvalue weighted by Gasteiger charge is 2.34. The average Bonchev–Trinajstić information content (AvgIpc) is 3.17. The number of rotatable bonds is 6. The van der Waals surface area contributed by atoms with E-state index in [0.29, 0.717) is 18.7 Å². The van der Waals surface area contributed by atoms with Crippen molar-refractivity contribution in [2.45, 2.75) is 51.0 Å². The van der Waals surface area contributed by atoms with Gasteiger partial charge in [-0.1, -0.05) is 36.4 Å². The molecule has 2 saturated heterocycles. The molecule has 2 aliphatic rings. The molecule has 31 heavy (non-hydrogen) atoms. The average molecular weight is 427 g/mol. The second-order valence-corrected chi connectivity index (χ2v) is 8.36. The number of nitrogens with zero attached hydrogens (tertiary/aromatic N) is 1. The van der Waals surface area contributed by atoms with Crippen LogP contribution in [0.1, 0.15) is 48.8 Å². The largest absolute Gasteiger partial charge is 0.392 e. The molecule has 0 aromatic heterocycles. The van der Waals surface area contributed by atoms with Crippen LogP contribution in [0, 0.1) is 0 Å². The highest BCUT2D eigenvalue weighted by Crippen LogP contribution is 2.38. The van der Waals surface area contributed by atoms with Gasteiger partial charge in [-0.2, -0.15) is 0 Å². The van der Waals surface area contributed by atoms with Crippen molar-refractivity contribution in [3.05, 3.63) is 65.2 Å². The zero-order chi connectivity index (χ0) is 21.8. The van der Waals surface area contributed by atoms with Gasteiger partial charge in [0.1, 0.15) is 0 Å². The molecule has 0 radical (unpaired) electrons. The molecule has 0 aliphatic carbocycles. The molecule has 7 nitrogen and oxygen atoms in total. The van der Waals surface area contributed by atoms with E-state index < -0.39 is 6.29 Å². The molecule has 1 amide bonds. The standard InChI is InChI=1S/C24H30N2O5/c1-16(28)25-20-4-2-3-19(11-20)24-30-22(14-26-10-9-21(29)13-26)12-23(31-24)18-7-5-17(15-27)6-8-18/h2-8,11,21-24,27,29H,9-10,12-15H2,1H3,(H,25,28)/t21-,22+,23-,24-/m0/s1. The van der Waals surface area contributed by atoms with Crippen molar-refractivity contribution >= 4 is 11.6 Å². The summed E-state index contributed by atoms with van der Waals surface area (Å²) in [5.41, 5.74) is 3.44. The van der Waals surface area contributed by atoms with E-state index in [1.807, 2.05) is 48.5 Å². The van der Waals surface area contributed by atoms with Gasteiger partial charge in [0.25, 0.3) is 0 Å². The second kappa shape index (κ2) is 9.89. The number of hydrogen-bond acceptors (Lipinski definition) is 6. The van der Waals surface area contributed by atoms with Crippen molar-refractivity contribution in [1.82, 2.24) is 4.90 Å². The van der Waals surface area contributed by atoms with Crippen LogP contribution in [0.4, 0.5) is 5.69 Å². The van der Waals surface area contributed by atoms with Gasteiger partial charge in [-0.25, -0.2) is 0 Å². The normalized spacial score (nSPS) is 26.7. The zero-order valence-electron chi connectivity index (χ0n) is 17.7. The van der Waals surface area contributed by atoms with E-state index in [-0.39, 0.29) is 30.8 Å². The Bertz CT molecular complexity index is 888. The van der Waals surface area contributed by atoms with E-state index in [2.05, 4.69) is 10.2 Å². The number of carbonyl (C=O) groups excluding carboxylic acids is 1. The molecule has 7 heteroatoms. The highest BCUT2D eigenvalue weighted by atomic mass is 16.7. The third-order valence-corrected chi connectivity index (χ3v) is 5.80. The van der Waals surface area contributed by atoms with Gasteiger partial charge in [0, 0.05) is 44.2 Å². The third-order valence-electron chi connectivity index (χ3n) is 5.80. The maximum Gasteiger partial charge on any atom is 0.221 e. The number of aliphatic hydroxyl groups excluding tert-OH is 2. The summed E-state index contributed by atoms with van der Waals surface area (Å²) in [5, 5.41) is 22.0. The molecule has 4 rings (SSSR count). The van der Waals surface area contributed by atoms with Crippen molar-refractivity contribution in [1.29, 1.82) is 0 Å². The summed E-state index contributed by atoms with van der Waals surface area (Å²) < 4.78 is 12.7. The predicted molar refractivity (Wildman–Crippen MR) is 116 cm³/mol. The van der Waals surface area contributed by atoms with Crippen molar-refractivity contribution in [2.24, 2.45) is 0 Å². The van der Waals surface area contributed by atoms with Gasteiger partial charge in [0.05, 0.1) is 24.9 Å². The first-order chi connectivity index (χ1) is 15.0. The molecule has 2 fully saturated rings. The first-order valence-electron chi connectivity index (χ1n) is 10.8. The number of hydrogen-bond donors (Lipinski definition) is 3. The molecule has 2 aliphatic heterocycles. The summed E-state index contributed by atoms with van der Waals surface area (Å²) in [6, 6.07) is 15.3. The maximum absolute atomic E-state index is 11.4. The molecule has 3 N–H and O–H groups in total. The van der Waals surface area contributed by atoms with E-state index in [1.165, 1.54) is 6.92 Å². The molecule has 2 heterocycles. The summed E-state index contributed by atoms with van der Waals surface area (Å²) >= 11 is 0. The van der Waals surface area contributed by atoms with Crippen molar-refractivity contribution in [3.8, 4) is 0 Å². The first-order valence-corrected chi connectivity index (χ1v) is 10.8. The van der Waals surface area contributed by atoms with E-state index >= 15 is 0 Å². The minimum absolute atomic E-state index is 0.00733. The van der Waals surface area contributed by atoms with Crippen LogP contribution >= 0.6 is 0 Å². The molecule has 2 aromatic rings. The third kappa shape index (κ3) is 5.70. The Balaban J connectivity index is 1.55. The van der Waals surface area contributed by atoms with Gasteiger partial charge in [-0.15, -0.1) is 0 Å². The van der Waals surface area contributed by atoms with E-state index in [4.69, 9.17) is 9.47 Å². The highest BCUT2D eigenvalue weighted by molar-refractivity contribution is 5.88. The zero-order valence-corrected chi connectivity index (χ0v) is 17.7. The fourth-order valence-corrected chi connectivity index (χ4v) is 4.27. The van der Waals surface area contributed by atoms with Crippen LogP contribution in [-0.2, 0) is 20.9 Å². The topological polar surface area (TPSA) is 91.3 Å². The maximum atomic E-state index is 11.4. The number of nitrogens with one attached hydrogen (secondary N) is 1. The summed E-state index contributed by atoms with van der Waals surface area (Å²) in [6.07, 6.45) is 0.434. The van der Waals surface area contributed by atoms with Gasteiger partial charge in [-0.3, -0.25) is 9.69 Å². The molecule has 0 spiro atoms. The number of amides is 1. The quantitative estimate of drug-likeness (QED) is 0.658. The number of ether oxygens (including phenoxy) is 2. The van der Waals surface area contributed by atoms with Crippen molar-refractivity contribution < 1.29 is 24.5 Å². The molecule has 4 atom stereocenters. The smallest absolute Gasteiger partial charge is 0.221 e. The molecule has 0 saturated carbocycles. The lowest BCUT2D eigenvalue weighted by molar-refractivity contribution is -0.252. The van der Waals surface area contributed by atoms with Gasteiger partial charge in [-0.05, 0) is 29.7 Å². The summed E-state index contributed by atoms with van der Waals surface area (Å²) in [7, 11) is 0. The van der Waals surface area contributed by atoms with E-state index in [9.17, 15) is 15.0 Å². The van der Waals surface area contributed by atoms with E-state index in [1.54, 1.807) is 0 Å². The Morgan fingerprint density at radius 2 is 1.97 bits per heavy atom. The van der Waals surface area contributed by atoms with Crippen LogP contribution in [0.3, 0.4) is 0 Å². The van der Waals surface area contributed by atoms with Crippen LogP contribution in [0.5, 0.6) is 0 Å². The molecule has 0 bridgehead atoms. The number of benzene rings is 2. The summed E-state index contributed by atoms with van der Waals surface area (Å²) in [4.78, 5) is 13.7. The predicted octanol–water partition coefficient (Wildman–Crippen LogP) is 2.75. The fraction of sp³-hybridized carbons (Fsp3) is 0.458. The van der Waals surface area contributed by atoms with Gasteiger partial charge in [0.2, 0.25) is 5.91 Å². The van der Waals surface area contributed by atoms with Crippen LogP contribution in [0.2, 0.25) is 0 Å². The van der Waals surface area contributed by atoms with Crippen LogP contribution < -0.4 is 5.32 Å².